The number of amides is 1. The van der Waals surface area contributed by atoms with Crippen LogP contribution in [-0.2, 0) is 14.6 Å². The van der Waals surface area contributed by atoms with Crippen molar-refractivity contribution in [1.29, 1.82) is 0 Å². The number of fused-ring (bicyclic) bond motifs is 2. The molecule has 6 rings (SSSR count). The van der Waals surface area contributed by atoms with Gasteiger partial charge in [0.1, 0.15) is 11.2 Å². The van der Waals surface area contributed by atoms with Crippen LogP contribution in [0.5, 0.6) is 0 Å². The minimum atomic E-state index is -3.65. The molecule has 0 aliphatic rings. The normalized spacial score (nSPS) is 12.7. The van der Waals surface area contributed by atoms with E-state index in [4.69, 9.17) is 5.73 Å². The molecule has 0 spiro atoms. The second-order valence-corrected chi connectivity index (χ2v) is 12.8. The highest BCUT2D eigenvalue weighted by Gasteiger charge is 2.21. The number of pyridine rings is 3. The first kappa shape index (κ1) is 28.1. The van der Waals surface area contributed by atoms with Crippen LogP contribution < -0.4 is 11.1 Å². The molecule has 0 bridgehead atoms. The van der Waals surface area contributed by atoms with Gasteiger partial charge in [-0.15, -0.1) is 0 Å². The average Bonchev–Trinajstić information content (AvgIpc) is 3.59. The van der Waals surface area contributed by atoms with Crippen LogP contribution in [0.15, 0.2) is 67.4 Å². The SMILES string of the molecule is CC(C)C(=O)Nc1cncc(-c2cnc3n[nH]c(-c4cc5c(-c6cc(F)cc(C(N)S(C)(=O)=O)c6)cncc5[nH]4)c3c2)c1. The number of hydrogen-bond acceptors (Lipinski definition) is 8. The number of H-pyrrole nitrogens is 2. The third kappa shape index (κ3) is 5.47. The van der Waals surface area contributed by atoms with E-state index in [0.717, 1.165) is 34.2 Å². The number of carbonyl (C=O) groups excluding carboxylic acids is 1. The van der Waals surface area contributed by atoms with Crippen LogP contribution in [0.4, 0.5) is 10.1 Å². The van der Waals surface area contributed by atoms with Gasteiger partial charge in [0.2, 0.25) is 5.91 Å². The van der Waals surface area contributed by atoms with Crippen molar-refractivity contribution in [3.05, 3.63) is 78.8 Å². The lowest BCUT2D eigenvalue weighted by atomic mass is 10.0. The highest BCUT2D eigenvalue weighted by Crippen LogP contribution is 2.35. The van der Waals surface area contributed by atoms with Gasteiger partial charge in [-0.3, -0.25) is 19.9 Å². The Morgan fingerprint density at radius 3 is 2.47 bits per heavy atom. The van der Waals surface area contributed by atoms with Crippen molar-refractivity contribution < 1.29 is 17.6 Å². The molecule has 1 unspecified atom stereocenters. The fourth-order valence-electron chi connectivity index (χ4n) is 4.81. The van der Waals surface area contributed by atoms with E-state index in [1.54, 1.807) is 37.1 Å². The van der Waals surface area contributed by atoms with E-state index < -0.39 is 21.0 Å². The van der Waals surface area contributed by atoms with E-state index in [1.807, 2.05) is 32.0 Å². The van der Waals surface area contributed by atoms with Crippen molar-refractivity contribution in [3.8, 4) is 33.6 Å². The van der Waals surface area contributed by atoms with Crippen molar-refractivity contribution in [2.24, 2.45) is 11.7 Å². The fourth-order valence-corrected chi connectivity index (χ4v) is 5.44. The Balaban J connectivity index is 1.41. The molecular formula is C30H27FN8O3S. The number of aromatic amines is 2. The van der Waals surface area contributed by atoms with E-state index in [2.05, 4.69) is 35.5 Å². The summed E-state index contributed by atoms with van der Waals surface area (Å²) in [5, 5.41) is 10.4. The van der Waals surface area contributed by atoms with Gasteiger partial charge in [-0.05, 0) is 47.5 Å². The second kappa shape index (κ2) is 10.7. The van der Waals surface area contributed by atoms with Crippen LogP contribution >= 0.6 is 0 Å². The highest BCUT2D eigenvalue weighted by atomic mass is 32.2. The van der Waals surface area contributed by atoms with E-state index in [1.165, 1.54) is 6.07 Å². The molecule has 0 fully saturated rings. The number of benzene rings is 1. The third-order valence-electron chi connectivity index (χ3n) is 7.11. The molecule has 0 radical (unpaired) electrons. The molecule has 218 valence electrons. The van der Waals surface area contributed by atoms with Gasteiger partial charge in [-0.25, -0.2) is 17.8 Å². The van der Waals surface area contributed by atoms with Gasteiger partial charge in [0.15, 0.2) is 15.5 Å². The third-order valence-corrected chi connectivity index (χ3v) is 8.30. The lowest BCUT2D eigenvalue weighted by molar-refractivity contribution is -0.118. The summed E-state index contributed by atoms with van der Waals surface area (Å²) in [6.07, 6.45) is 9.22. The number of nitrogens with zero attached hydrogens (tertiary/aromatic N) is 4. The smallest absolute Gasteiger partial charge is 0.226 e. The van der Waals surface area contributed by atoms with Crippen LogP contribution in [0.2, 0.25) is 0 Å². The summed E-state index contributed by atoms with van der Waals surface area (Å²) in [4.78, 5) is 28.6. The Bertz CT molecular complexity index is 2140. The molecule has 0 saturated carbocycles. The first-order valence-electron chi connectivity index (χ1n) is 13.3. The topological polar surface area (TPSA) is 172 Å². The summed E-state index contributed by atoms with van der Waals surface area (Å²) in [7, 11) is -3.65. The second-order valence-electron chi connectivity index (χ2n) is 10.7. The minimum absolute atomic E-state index is 0.106. The molecule has 43 heavy (non-hydrogen) atoms. The molecule has 1 aromatic carbocycles. The van der Waals surface area contributed by atoms with E-state index in [-0.39, 0.29) is 17.4 Å². The molecule has 5 N–H and O–H groups in total. The number of aromatic nitrogens is 6. The number of halogens is 1. The number of anilines is 1. The summed E-state index contributed by atoms with van der Waals surface area (Å²) >= 11 is 0. The minimum Gasteiger partial charge on any atom is -0.352 e. The monoisotopic (exact) mass is 598 g/mol. The summed E-state index contributed by atoms with van der Waals surface area (Å²) in [5.41, 5.74) is 11.7. The molecule has 0 aliphatic heterocycles. The van der Waals surface area contributed by atoms with Crippen molar-refractivity contribution in [2.45, 2.75) is 19.2 Å². The largest absolute Gasteiger partial charge is 0.352 e. The zero-order valence-electron chi connectivity index (χ0n) is 23.4. The van der Waals surface area contributed by atoms with Gasteiger partial charge in [0.05, 0.1) is 35.0 Å². The van der Waals surface area contributed by atoms with Crippen LogP contribution in [0.1, 0.15) is 24.8 Å². The number of hydrogen-bond donors (Lipinski definition) is 4. The first-order chi connectivity index (χ1) is 20.5. The Morgan fingerprint density at radius 1 is 0.930 bits per heavy atom. The Morgan fingerprint density at radius 2 is 1.70 bits per heavy atom. The maximum absolute atomic E-state index is 14.6. The zero-order valence-corrected chi connectivity index (χ0v) is 24.2. The predicted octanol–water partition coefficient (Wildman–Crippen LogP) is 4.97. The lowest BCUT2D eigenvalue weighted by Gasteiger charge is -2.12. The summed E-state index contributed by atoms with van der Waals surface area (Å²) in [5.74, 6) is -0.889. The molecule has 13 heteroatoms. The average molecular weight is 599 g/mol. The van der Waals surface area contributed by atoms with E-state index >= 15 is 0 Å². The van der Waals surface area contributed by atoms with Crippen molar-refractivity contribution >= 4 is 43.4 Å². The fraction of sp³-hybridized carbons (Fsp3) is 0.167. The number of sulfone groups is 1. The summed E-state index contributed by atoms with van der Waals surface area (Å²) < 4.78 is 38.7. The number of nitrogens with one attached hydrogen (secondary N) is 3. The molecular weight excluding hydrogens is 571 g/mol. The molecule has 11 nitrogen and oxygen atoms in total. The van der Waals surface area contributed by atoms with Crippen LogP contribution in [-0.4, -0.2) is 50.7 Å². The zero-order chi connectivity index (χ0) is 30.5. The molecule has 1 atom stereocenters. The van der Waals surface area contributed by atoms with Gasteiger partial charge >= 0.3 is 0 Å². The van der Waals surface area contributed by atoms with Gasteiger partial charge < -0.3 is 16.0 Å². The predicted molar refractivity (Wildman–Crippen MR) is 163 cm³/mol. The Hall–Kier alpha value is -5.01. The van der Waals surface area contributed by atoms with E-state index in [0.29, 0.717) is 39.4 Å². The standard InChI is InChI=1S/C30H27FN8O3S/c1-15(2)30(40)36-21-7-18(10-33-12-21)19-8-23-27(38-39-29(23)35-11-19)25-9-22-24(13-34-14-26(22)37-25)16-4-17(6-20(31)5-16)28(32)43(3,41)42/h4-15,28,37H,32H2,1-3H3,(H,36,40)(H,35,38,39). The maximum atomic E-state index is 14.6. The van der Waals surface area contributed by atoms with Crippen LogP contribution in [0.3, 0.4) is 0 Å². The molecule has 5 heterocycles. The van der Waals surface area contributed by atoms with Crippen LogP contribution in [0.25, 0.3) is 55.6 Å². The number of rotatable bonds is 7. The molecule has 0 aliphatic carbocycles. The quantitative estimate of drug-likeness (QED) is 0.199. The molecule has 5 aromatic heterocycles. The van der Waals surface area contributed by atoms with Crippen molar-refractivity contribution in [1.82, 2.24) is 30.1 Å². The summed E-state index contributed by atoms with van der Waals surface area (Å²) in [6, 6.07) is 9.65. The molecule has 6 aromatic rings. The van der Waals surface area contributed by atoms with Gasteiger partial charge in [0, 0.05) is 58.2 Å². The Kier molecular flexibility index (Phi) is 6.98. The van der Waals surface area contributed by atoms with Gasteiger partial charge in [-0.1, -0.05) is 13.8 Å². The number of nitrogens with two attached hydrogens (primary N) is 1. The van der Waals surface area contributed by atoms with Crippen molar-refractivity contribution in [2.75, 3.05) is 11.6 Å². The van der Waals surface area contributed by atoms with Crippen molar-refractivity contribution in [3.63, 3.8) is 0 Å². The van der Waals surface area contributed by atoms with Crippen LogP contribution in [0, 0.1) is 11.7 Å². The number of carbonyl (C=O) groups is 1. The Labute approximate surface area is 245 Å². The van der Waals surface area contributed by atoms with E-state index in [9.17, 15) is 17.6 Å². The molecule has 1 amide bonds. The highest BCUT2D eigenvalue weighted by molar-refractivity contribution is 7.90. The van der Waals surface area contributed by atoms with Gasteiger partial charge in [0.25, 0.3) is 0 Å². The maximum Gasteiger partial charge on any atom is 0.226 e. The van der Waals surface area contributed by atoms with Gasteiger partial charge in [-0.2, -0.15) is 5.10 Å². The molecule has 0 saturated heterocycles. The first-order valence-corrected chi connectivity index (χ1v) is 15.3. The lowest BCUT2D eigenvalue weighted by Crippen LogP contribution is -2.20. The summed E-state index contributed by atoms with van der Waals surface area (Å²) in [6.45, 7) is 3.63.